The molecule has 0 unspecified atom stereocenters. The lowest BCUT2D eigenvalue weighted by molar-refractivity contribution is -0.131. The molecule has 0 aliphatic carbocycles. The fourth-order valence-electron chi connectivity index (χ4n) is 2.59. The molecule has 0 bridgehead atoms. The van der Waals surface area contributed by atoms with E-state index in [2.05, 4.69) is 0 Å². The molecule has 0 aromatic heterocycles. The van der Waals surface area contributed by atoms with Crippen LogP contribution in [0.5, 0.6) is 11.5 Å². The number of ether oxygens (including phenoxy) is 2. The van der Waals surface area contributed by atoms with E-state index >= 15 is 0 Å². The molecule has 0 aliphatic heterocycles. The first kappa shape index (κ1) is 17.8. The van der Waals surface area contributed by atoms with Crippen LogP contribution in [0.25, 0.3) is 16.8 Å². The molecule has 0 saturated carbocycles. The molecular formula is C21H17ClO4. The quantitative estimate of drug-likeness (QED) is 0.468. The Bertz CT molecular complexity index is 950. The predicted octanol–water partition coefficient (Wildman–Crippen LogP) is 5.05. The lowest BCUT2D eigenvalue weighted by atomic mass is 10.0. The lowest BCUT2D eigenvalue weighted by Crippen LogP contribution is -2.10. The van der Waals surface area contributed by atoms with Gasteiger partial charge in [0.1, 0.15) is 24.7 Å². The second kappa shape index (κ2) is 8.41. The van der Waals surface area contributed by atoms with E-state index < -0.39 is 5.97 Å². The van der Waals surface area contributed by atoms with Crippen molar-refractivity contribution in [3.05, 3.63) is 77.3 Å². The molecule has 5 heteroatoms. The summed E-state index contributed by atoms with van der Waals surface area (Å²) in [5, 5.41) is 11.4. The number of para-hydroxylation sites is 1. The number of hydrogen-bond acceptors (Lipinski definition) is 3. The summed E-state index contributed by atoms with van der Waals surface area (Å²) >= 11 is 6.05. The molecule has 0 atom stereocenters. The summed E-state index contributed by atoms with van der Waals surface area (Å²) in [5.74, 6) is 0.192. The maximum absolute atomic E-state index is 10.9. The van der Waals surface area contributed by atoms with Crippen LogP contribution in [-0.2, 0) is 4.79 Å². The van der Waals surface area contributed by atoms with Crippen molar-refractivity contribution in [2.75, 3.05) is 13.2 Å². The number of aliphatic carboxylic acids is 1. The minimum Gasteiger partial charge on any atom is -0.489 e. The molecule has 1 N–H and O–H groups in total. The molecule has 0 fully saturated rings. The van der Waals surface area contributed by atoms with Crippen molar-refractivity contribution >= 4 is 34.4 Å². The van der Waals surface area contributed by atoms with E-state index in [-0.39, 0.29) is 0 Å². The van der Waals surface area contributed by atoms with Crippen LogP contribution in [0.2, 0.25) is 5.02 Å². The number of halogens is 1. The van der Waals surface area contributed by atoms with Gasteiger partial charge in [-0.25, -0.2) is 4.79 Å². The van der Waals surface area contributed by atoms with Crippen LogP contribution in [0.3, 0.4) is 0 Å². The van der Waals surface area contributed by atoms with Gasteiger partial charge in [0, 0.05) is 11.6 Å². The summed E-state index contributed by atoms with van der Waals surface area (Å²) < 4.78 is 11.4. The van der Waals surface area contributed by atoms with Gasteiger partial charge in [-0.15, -0.1) is 0 Å². The monoisotopic (exact) mass is 368 g/mol. The van der Waals surface area contributed by atoms with Crippen molar-refractivity contribution in [3.63, 3.8) is 0 Å². The van der Waals surface area contributed by atoms with E-state index in [9.17, 15) is 4.79 Å². The fourth-order valence-corrected chi connectivity index (χ4v) is 2.78. The Morgan fingerprint density at radius 3 is 2.38 bits per heavy atom. The van der Waals surface area contributed by atoms with Gasteiger partial charge < -0.3 is 14.6 Å². The Hall–Kier alpha value is -2.98. The van der Waals surface area contributed by atoms with Gasteiger partial charge in [-0.2, -0.15) is 0 Å². The molecule has 3 aromatic rings. The lowest BCUT2D eigenvalue weighted by Gasteiger charge is -2.13. The van der Waals surface area contributed by atoms with Crippen LogP contribution in [-0.4, -0.2) is 24.3 Å². The summed E-state index contributed by atoms with van der Waals surface area (Å²) in [6.45, 7) is 0.621. The molecule has 0 aliphatic rings. The van der Waals surface area contributed by atoms with Gasteiger partial charge in [-0.1, -0.05) is 54.1 Å². The number of hydrogen-bond donors (Lipinski definition) is 1. The number of benzene rings is 3. The van der Waals surface area contributed by atoms with Crippen LogP contribution in [0.1, 0.15) is 5.56 Å². The molecule has 0 amide bonds. The van der Waals surface area contributed by atoms with E-state index in [0.717, 1.165) is 22.4 Å². The molecule has 4 nitrogen and oxygen atoms in total. The van der Waals surface area contributed by atoms with Gasteiger partial charge in [0.05, 0.1) is 5.02 Å². The minimum atomic E-state index is -1.01. The maximum Gasteiger partial charge on any atom is 0.328 e. The molecular weight excluding hydrogens is 352 g/mol. The Morgan fingerprint density at radius 1 is 0.923 bits per heavy atom. The van der Waals surface area contributed by atoms with Gasteiger partial charge in [0.15, 0.2) is 0 Å². The van der Waals surface area contributed by atoms with E-state index in [4.69, 9.17) is 26.2 Å². The standard InChI is InChI=1S/C21H17ClO4/c22-18-7-3-4-8-20(18)26-14-13-25-19-11-9-15-5-1-2-6-16(15)17(19)10-12-21(23)24/h1-12H,13-14H2,(H,23,24). The van der Waals surface area contributed by atoms with Crippen molar-refractivity contribution in [1.29, 1.82) is 0 Å². The Morgan fingerprint density at radius 2 is 1.62 bits per heavy atom. The fraction of sp³-hybridized carbons (Fsp3) is 0.0952. The third kappa shape index (κ3) is 4.35. The number of rotatable bonds is 7. The van der Waals surface area contributed by atoms with Gasteiger partial charge in [-0.05, 0) is 35.0 Å². The highest BCUT2D eigenvalue weighted by molar-refractivity contribution is 6.32. The normalized spacial score (nSPS) is 11.0. The molecule has 0 saturated heterocycles. The van der Waals surface area contributed by atoms with Crippen molar-refractivity contribution in [2.24, 2.45) is 0 Å². The third-order valence-electron chi connectivity index (χ3n) is 3.76. The van der Waals surface area contributed by atoms with Gasteiger partial charge in [0.25, 0.3) is 0 Å². The Balaban J connectivity index is 1.75. The van der Waals surface area contributed by atoms with Gasteiger partial charge in [0.2, 0.25) is 0 Å². The van der Waals surface area contributed by atoms with E-state index in [1.54, 1.807) is 18.2 Å². The van der Waals surface area contributed by atoms with Crippen molar-refractivity contribution < 1.29 is 19.4 Å². The second-order valence-electron chi connectivity index (χ2n) is 5.50. The summed E-state index contributed by atoms with van der Waals surface area (Å²) in [5.41, 5.74) is 0.725. The van der Waals surface area contributed by atoms with Gasteiger partial charge in [-0.3, -0.25) is 0 Å². The Labute approximate surface area is 156 Å². The molecule has 0 spiro atoms. The highest BCUT2D eigenvalue weighted by atomic mass is 35.5. The molecule has 0 radical (unpaired) electrons. The first-order chi connectivity index (χ1) is 12.6. The van der Waals surface area contributed by atoms with Crippen molar-refractivity contribution in [3.8, 4) is 11.5 Å². The third-order valence-corrected chi connectivity index (χ3v) is 4.07. The van der Waals surface area contributed by atoms with Crippen molar-refractivity contribution in [1.82, 2.24) is 0 Å². The summed E-state index contributed by atoms with van der Waals surface area (Å²) in [6, 6.07) is 18.8. The second-order valence-corrected chi connectivity index (χ2v) is 5.90. The highest BCUT2D eigenvalue weighted by Gasteiger charge is 2.07. The number of carboxylic acid groups (broad SMARTS) is 1. The number of carboxylic acids is 1. The van der Waals surface area contributed by atoms with Crippen LogP contribution < -0.4 is 9.47 Å². The first-order valence-electron chi connectivity index (χ1n) is 8.08. The number of fused-ring (bicyclic) bond motifs is 1. The zero-order valence-electron chi connectivity index (χ0n) is 13.9. The average molecular weight is 369 g/mol. The van der Waals surface area contributed by atoms with E-state index in [0.29, 0.717) is 29.7 Å². The zero-order chi connectivity index (χ0) is 18.4. The number of carbonyl (C=O) groups is 1. The van der Waals surface area contributed by atoms with Crippen LogP contribution in [0.15, 0.2) is 66.7 Å². The van der Waals surface area contributed by atoms with Crippen molar-refractivity contribution in [2.45, 2.75) is 0 Å². The Kier molecular flexibility index (Phi) is 5.77. The minimum absolute atomic E-state index is 0.303. The van der Waals surface area contributed by atoms with Crippen LogP contribution >= 0.6 is 11.6 Å². The summed E-state index contributed by atoms with van der Waals surface area (Å²) in [4.78, 5) is 10.9. The molecule has 0 heterocycles. The zero-order valence-corrected chi connectivity index (χ0v) is 14.6. The summed E-state index contributed by atoms with van der Waals surface area (Å²) in [6.07, 6.45) is 2.66. The molecule has 3 aromatic carbocycles. The van der Waals surface area contributed by atoms with Crippen LogP contribution in [0.4, 0.5) is 0 Å². The maximum atomic E-state index is 10.9. The van der Waals surface area contributed by atoms with E-state index in [1.165, 1.54) is 0 Å². The smallest absolute Gasteiger partial charge is 0.328 e. The average Bonchev–Trinajstić information content (AvgIpc) is 2.65. The first-order valence-corrected chi connectivity index (χ1v) is 8.46. The molecule has 26 heavy (non-hydrogen) atoms. The highest BCUT2D eigenvalue weighted by Crippen LogP contribution is 2.29. The van der Waals surface area contributed by atoms with Gasteiger partial charge >= 0.3 is 5.97 Å². The van der Waals surface area contributed by atoms with Crippen LogP contribution in [0, 0.1) is 0 Å². The van der Waals surface area contributed by atoms with E-state index in [1.807, 2.05) is 48.5 Å². The topological polar surface area (TPSA) is 55.8 Å². The summed E-state index contributed by atoms with van der Waals surface area (Å²) in [7, 11) is 0. The SMILES string of the molecule is O=C(O)C=Cc1c(OCCOc2ccccc2Cl)ccc2ccccc12. The largest absolute Gasteiger partial charge is 0.489 e. The molecule has 3 rings (SSSR count). The molecule has 132 valence electrons. The predicted molar refractivity (Wildman–Crippen MR) is 103 cm³/mol.